The second-order valence-corrected chi connectivity index (χ2v) is 6.36. The lowest BCUT2D eigenvalue weighted by molar-refractivity contribution is -0.117. The van der Waals surface area contributed by atoms with Crippen molar-refractivity contribution in [2.75, 3.05) is 25.5 Å². The predicted molar refractivity (Wildman–Crippen MR) is 101 cm³/mol. The average Bonchev–Trinajstić information content (AvgIpc) is 2.90. The fraction of sp³-hybridized carbons (Fsp3) is 0.350. The molecule has 0 aliphatic carbocycles. The van der Waals surface area contributed by atoms with Crippen molar-refractivity contribution in [1.29, 1.82) is 0 Å². The fourth-order valence-corrected chi connectivity index (χ4v) is 2.87. The molecule has 2 rings (SSSR count). The highest BCUT2D eigenvalue weighted by Gasteiger charge is 2.28. The summed E-state index contributed by atoms with van der Waals surface area (Å²) in [6.45, 7) is 4.91. The van der Waals surface area contributed by atoms with Gasteiger partial charge in [0, 0.05) is 6.54 Å². The number of carbonyl (C=O) groups is 3. The molecule has 0 bridgehead atoms. The number of nitrogens with one attached hydrogen (secondary N) is 1. The van der Waals surface area contributed by atoms with Crippen LogP contribution in [0.5, 0.6) is 0 Å². The number of esters is 1. The number of likely N-dealkylation sites (N-methyl/N-ethyl adjacent to an activating group) is 1. The largest absolute Gasteiger partial charge is 0.462 e. The number of hydrogen-bond acceptors (Lipinski definition) is 6. The average molecular weight is 390 g/mol. The molecule has 0 fully saturated rings. The molecule has 1 heterocycles. The minimum absolute atomic E-state index is 0.0338. The lowest BCUT2D eigenvalue weighted by Crippen LogP contribution is -2.30. The zero-order valence-electron chi connectivity index (χ0n) is 16.3. The van der Waals surface area contributed by atoms with Gasteiger partial charge in [-0.2, -0.15) is 0 Å². The smallest absolute Gasteiger partial charge is 0.344 e. The molecule has 0 saturated carbocycles. The Morgan fingerprint density at radius 3 is 2.57 bits per heavy atom. The van der Waals surface area contributed by atoms with E-state index in [1.54, 1.807) is 31.0 Å². The maximum Gasteiger partial charge on any atom is 0.344 e. The maximum absolute atomic E-state index is 13.3. The van der Waals surface area contributed by atoms with Crippen LogP contribution in [0.4, 0.5) is 10.3 Å². The molecule has 1 amide bonds. The molecule has 0 radical (unpaired) electrons. The third-order valence-corrected chi connectivity index (χ3v) is 3.92. The van der Waals surface area contributed by atoms with E-state index in [1.807, 2.05) is 0 Å². The van der Waals surface area contributed by atoms with E-state index >= 15 is 0 Å². The van der Waals surface area contributed by atoms with Gasteiger partial charge >= 0.3 is 5.97 Å². The molecule has 0 unspecified atom stereocenters. The zero-order valence-corrected chi connectivity index (χ0v) is 16.3. The van der Waals surface area contributed by atoms with Crippen LogP contribution < -0.4 is 5.32 Å². The molecule has 7 nitrogen and oxygen atoms in total. The number of ether oxygens (including phenoxy) is 1. The highest BCUT2D eigenvalue weighted by molar-refractivity contribution is 6.10. The van der Waals surface area contributed by atoms with Gasteiger partial charge < -0.3 is 9.15 Å². The number of furan rings is 1. The Kier molecular flexibility index (Phi) is 7.06. The van der Waals surface area contributed by atoms with Crippen molar-refractivity contribution in [3.8, 4) is 0 Å². The summed E-state index contributed by atoms with van der Waals surface area (Å²) in [7, 11) is 1.70. The van der Waals surface area contributed by atoms with Gasteiger partial charge in [0.15, 0.2) is 5.78 Å². The Morgan fingerprint density at radius 1 is 1.25 bits per heavy atom. The van der Waals surface area contributed by atoms with E-state index in [9.17, 15) is 18.8 Å². The van der Waals surface area contributed by atoms with Crippen molar-refractivity contribution in [1.82, 2.24) is 4.90 Å². The SMILES string of the molecule is CCOC(=O)c1c(NC(=O)CN(C)Cc2cccc(F)c2)oc(C)c1C(C)=O. The van der Waals surface area contributed by atoms with Crippen molar-refractivity contribution in [2.45, 2.75) is 27.3 Å². The van der Waals surface area contributed by atoms with Crippen molar-refractivity contribution >= 4 is 23.5 Å². The first-order valence-electron chi connectivity index (χ1n) is 8.77. The quantitative estimate of drug-likeness (QED) is 0.550. The van der Waals surface area contributed by atoms with Gasteiger partial charge in [0.1, 0.15) is 17.1 Å². The molecule has 1 N–H and O–H groups in total. The lowest BCUT2D eigenvalue weighted by Gasteiger charge is -2.16. The van der Waals surface area contributed by atoms with Crippen LogP contribution in [-0.2, 0) is 16.1 Å². The molecule has 0 spiro atoms. The highest BCUT2D eigenvalue weighted by Crippen LogP contribution is 2.28. The van der Waals surface area contributed by atoms with Gasteiger partial charge in [-0.3, -0.25) is 19.8 Å². The van der Waals surface area contributed by atoms with Crippen LogP contribution >= 0.6 is 0 Å². The van der Waals surface area contributed by atoms with Crippen molar-refractivity contribution < 1.29 is 27.9 Å². The second kappa shape index (κ2) is 9.27. The van der Waals surface area contributed by atoms with E-state index in [2.05, 4.69) is 5.32 Å². The number of halogens is 1. The summed E-state index contributed by atoms with van der Waals surface area (Å²) >= 11 is 0. The number of rotatable bonds is 8. The van der Waals surface area contributed by atoms with Crippen LogP contribution in [0.25, 0.3) is 0 Å². The third-order valence-electron chi connectivity index (χ3n) is 3.92. The van der Waals surface area contributed by atoms with Crippen LogP contribution in [0.2, 0.25) is 0 Å². The summed E-state index contributed by atoms with van der Waals surface area (Å²) in [5, 5.41) is 2.52. The summed E-state index contributed by atoms with van der Waals surface area (Å²) in [6.07, 6.45) is 0. The topological polar surface area (TPSA) is 88.8 Å². The van der Waals surface area contributed by atoms with Gasteiger partial charge in [-0.25, -0.2) is 9.18 Å². The van der Waals surface area contributed by atoms with Gasteiger partial charge in [0.25, 0.3) is 0 Å². The van der Waals surface area contributed by atoms with Crippen LogP contribution in [-0.4, -0.2) is 42.8 Å². The van der Waals surface area contributed by atoms with E-state index in [-0.39, 0.29) is 47.5 Å². The van der Waals surface area contributed by atoms with E-state index in [4.69, 9.17) is 9.15 Å². The Balaban J connectivity index is 2.13. The second-order valence-electron chi connectivity index (χ2n) is 6.36. The fourth-order valence-electron chi connectivity index (χ4n) is 2.87. The van der Waals surface area contributed by atoms with Gasteiger partial charge in [0.2, 0.25) is 11.8 Å². The lowest BCUT2D eigenvalue weighted by atomic mass is 10.1. The first kappa shape index (κ1) is 21.3. The summed E-state index contributed by atoms with van der Waals surface area (Å²) in [4.78, 5) is 38.2. The van der Waals surface area contributed by atoms with Gasteiger partial charge in [-0.15, -0.1) is 0 Å². The van der Waals surface area contributed by atoms with Crippen LogP contribution in [0.15, 0.2) is 28.7 Å². The minimum atomic E-state index is -0.743. The number of benzene rings is 1. The predicted octanol–water partition coefficient (Wildman–Crippen LogP) is 3.18. The number of anilines is 1. The van der Waals surface area contributed by atoms with E-state index < -0.39 is 11.9 Å². The van der Waals surface area contributed by atoms with Crippen LogP contribution in [0.3, 0.4) is 0 Å². The summed E-state index contributed by atoms with van der Waals surface area (Å²) in [5.74, 6) is -1.81. The Morgan fingerprint density at radius 2 is 1.96 bits per heavy atom. The molecule has 2 aromatic rings. The summed E-state index contributed by atoms with van der Waals surface area (Å²) in [6, 6.07) is 6.09. The van der Waals surface area contributed by atoms with E-state index in [0.717, 1.165) is 5.56 Å². The van der Waals surface area contributed by atoms with Crippen molar-refractivity contribution in [2.24, 2.45) is 0 Å². The number of ketones is 1. The molecule has 0 saturated heterocycles. The van der Waals surface area contributed by atoms with Gasteiger partial charge in [-0.05, 0) is 45.5 Å². The molecule has 28 heavy (non-hydrogen) atoms. The Hall–Kier alpha value is -3.00. The number of Topliss-reactive ketones (excluding diaryl/α,β-unsaturated/α-hetero) is 1. The van der Waals surface area contributed by atoms with Crippen molar-refractivity contribution in [3.63, 3.8) is 0 Å². The molecule has 150 valence electrons. The minimum Gasteiger partial charge on any atom is -0.462 e. The Bertz CT molecular complexity index is 891. The molecular weight excluding hydrogens is 367 g/mol. The summed E-state index contributed by atoms with van der Waals surface area (Å²) in [5.41, 5.74) is 0.713. The monoisotopic (exact) mass is 390 g/mol. The van der Waals surface area contributed by atoms with Crippen molar-refractivity contribution in [3.05, 3.63) is 52.5 Å². The molecule has 1 aromatic heterocycles. The summed E-state index contributed by atoms with van der Waals surface area (Å²) < 4.78 is 23.7. The van der Waals surface area contributed by atoms with Crippen LogP contribution in [0.1, 0.15) is 45.9 Å². The highest BCUT2D eigenvalue weighted by atomic mass is 19.1. The molecule has 0 aliphatic rings. The molecular formula is C20H23FN2O5. The first-order valence-corrected chi connectivity index (χ1v) is 8.77. The standard InChI is InChI=1S/C20H23FN2O5/c1-5-27-20(26)18-17(12(2)24)13(3)28-19(18)22-16(25)11-23(4)10-14-7-6-8-15(21)9-14/h6-9H,5,10-11H2,1-4H3,(H,22,25). The number of amides is 1. The maximum atomic E-state index is 13.3. The number of aryl methyl sites for hydroxylation is 1. The third kappa shape index (κ3) is 5.26. The number of carbonyl (C=O) groups excluding carboxylic acids is 3. The van der Waals surface area contributed by atoms with E-state index in [1.165, 1.54) is 26.0 Å². The Labute approximate surface area is 162 Å². The zero-order chi connectivity index (χ0) is 20.8. The van der Waals surface area contributed by atoms with Gasteiger partial charge in [0.05, 0.1) is 18.7 Å². The molecule has 0 atom stereocenters. The number of hydrogen-bond donors (Lipinski definition) is 1. The van der Waals surface area contributed by atoms with Crippen LogP contribution in [0, 0.1) is 12.7 Å². The molecule has 1 aromatic carbocycles. The first-order chi connectivity index (χ1) is 13.2. The van der Waals surface area contributed by atoms with Gasteiger partial charge in [-0.1, -0.05) is 12.1 Å². The van der Waals surface area contributed by atoms with E-state index in [0.29, 0.717) is 6.54 Å². The molecule has 8 heteroatoms. The normalized spacial score (nSPS) is 10.8. The number of nitrogens with zero attached hydrogens (tertiary/aromatic N) is 1. The molecule has 0 aliphatic heterocycles.